The number of amides is 2. The highest BCUT2D eigenvalue weighted by molar-refractivity contribution is 5.81. The van der Waals surface area contributed by atoms with Gasteiger partial charge < -0.3 is 29.8 Å². The number of carboxylic acid groups (broad SMARTS) is 1. The molecule has 0 radical (unpaired) electrons. The standard InChI is InChI=1S/C16H19FN4O5/c1-18-14(22)8-21(2)15-20-12-4-3-11(5-13(12)26-15)25-9-10(6-17)7-19-16(23)24/h3-6,19H,7-9H2,1-2H3,(H,18,22)(H,23,24). The monoisotopic (exact) mass is 366 g/mol. The van der Waals surface area contributed by atoms with Crippen molar-refractivity contribution in [2.24, 2.45) is 0 Å². The number of hydrogen-bond acceptors (Lipinski definition) is 6. The molecule has 2 amide bonds. The van der Waals surface area contributed by atoms with E-state index < -0.39 is 6.09 Å². The summed E-state index contributed by atoms with van der Waals surface area (Å²) in [6.07, 6.45) is -0.949. The van der Waals surface area contributed by atoms with Crippen molar-refractivity contribution in [2.45, 2.75) is 0 Å². The number of hydrogen-bond donors (Lipinski definition) is 3. The van der Waals surface area contributed by atoms with Crippen LogP contribution in [0.3, 0.4) is 0 Å². The predicted molar refractivity (Wildman–Crippen MR) is 92.1 cm³/mol. The Balaban J connectivity index is 2.04. The Kier molecular flexibility index (Phi) is 6.36. The number of nitrogens with one attached hydrogen (secondary N) is 2. The number of benzene rings is 1. The molecule has 0 atom stereocenters. The summed E-state index contributed by atoms with van der Waals surface area (Å²) >= 11 is 0. The van der Waals surface area contributed by atoms with Crippen molar-refractivity contribution in [2.75, 3.05) is 38.7 Å². The van der Waals surface area contributed by atoms with Gasteiger partial charge in [-0.1, -0.05) is 0 Å². The average Bonchev–Trinajstić information content (AvgIpc) is 3.05. The molecule has 1 heterocycles. The van der Waals surface area contributed by atoms with Crippen molar-refractivity contribution < 1.29 is 28.2 Å². The van der Waals surface area contributed by atoms with Crippen LogP contribution >= 0.6 is 0 Å². The highest BCUT2D eigenvalue weighted by Gasteiger charge is 2.13. The molecule has 10 heteroatoms. The van der Waals surface area contributed by atoms with E-state index in [4.69, 9.17) is 14.3 Å². The molecule has 0 aliphatic rings. The number of halogens is 1. The molecule has 0 fully saturated rings. The lowest BCUT2D eigenvalue weighted by molar-refractivity contribution is -0.119. The second-order valence-electron chi connectivity index (χ2n) is 5.37. The van der Waals surface area contributed by atoms with Crippen LogP contribution in [-0.4, -0.2) is 55.9 Å². The fourth-order valence-electron chi connectivity index (χ4n) is 1.99. The predicted octanol–water partition coefficient (Wildman–Crippen LogP) is 1.51. The maximum Gasteiger partial charge on any atom is 0.404 e. The number of nitrogens with zero attached hydrogens (tertiary/aromatic N) is 2. The van der Waals surface area contributed by atoms with Gasteiger partial charge in [-0.15, -0.1) is 0 Å². The van der Waals surface area contributed by atoms with Gasteiger partial charge in [0.05, 0.1) is 6.33 Å². The summed E-state index contributed by atoms with van der Waals surface area (Å²) < 4.78 is 23.8. The van der Waals surface area contributed by atoms with Gasteiger partial charge in [-0.05, 0) is 12.1 Å². The number of anilines is 1. The molecule has 0 spiro atoms. The number of rotatable bonds is 8. The highest BCUT2D eigenvalue weighted by atomic mass is 19.1. The molecular weight excluding hydrogens is 347 g/mol. The summed E-state index contributed by atoms with van der Waals surface area (Å²) in [6.45, 7) is -0.210. The average molecular weight is 366 g/mol. The minimum Gasteiger partial charge on any atom is -0.489 e. The topological polar surface area (TPSA) is 117 Å². The van der Waals surface area contributed by atoms with Crippen LogP contribution in [0.1, 0.15) is 0 Å². The molecular formula is C16H19FN4O5. The Hall–Kier alpha value is -3.30. The maximum absolute atomic E-state index is 12.7. The second kappa shape index (κ2) is 8.70. The summed E-state index contributed by atoms with van der Waals surface area (Å²) in [6, 6.07) is 5.16. The van der Waals surface area contributed by atoms with Gasteiger partial charge in [-0.25, -0.2) is 9.18 Å². The van der Waals surface area contributed by atoms with Gasteiger partial charge in [0.2, 0.25) is 5.91 Å². The maximum atomic E-state index is 12.7. The molecule has 9 nitrogen and oxygen atoms in total. The Bertz CT molecular complexity index is 820. The molecule has 1 aromatic heterocycles. The number of oxazole rings is 1. The van der Waals surface area contributed by atoms with Gasteiger partial charge in [-0.2, -0.15) is 4.98 Å². The highest BCUT2D eigenvalue weighted by Crippen LogP contribution is 2.25. The van der Waals surface area contributed by atoms with E-state index in [1.54, 1.807) is 30.1 Å². The van der Waals surface area contributed by atoms with E-state index in [-0.39, 0.29) is 37.2 Å². The van der Waals surface area contributed by atoms with Crippen molar-refractivity contribution in [3.05, 3.63) is 30.1 Å². The lowest BCUT2D eigenvalue weighted by Crippen LogP contribution is -2.33. The number of aromatic nitrogens is 1. The number of carbonyl (C=O) groups is 2. The van der Waals surface area contributed by atoms with Crippen LogP contribution < -0.4 is 20.3 Å². The first-order valence-corrected chi connectivity index (χ1v) is 7.63. The quantitative estimate of drug-likeness (QED) is 0.648. The lowest BCUT2D eigenvalue weighted by Gasteiger charge is -2.12. The Morgan fingerprint density at radius 2 is 2.23 bits per heavy atom. The Morgan fingerprint density at radius 3 is 2.88 bits per heavy atom. The lowest BCUT2D eigenvalue weighted by atomic mass is 10.3. The summed E-state index contributed by atoms with van der Waals surface area (Å²) in [7, 11) is 3.21. The molecule has 0 bridgehead atoms. The van der Waals surface area contributed by atoms with Crippen LogP contribution in [0, 0.1) is 0 Å². The first-order chi connectivity index (χ1) is 12.4. The van der Waals surface area contributed by atoms with Crippen LogP contribution in [0.4, 0.5) is 15.2 Å². The zero-order chi connectivity index (χ0) is 19.1. The van der Waals surface area contributed by atoms with Gasteiger partial charge in [-0.3, -0.25) is 4.79 Å². The molecule has 0 saturated carbocycles. The fraction of sp³-hybridized carbons (Fsp3) is 0.312. The van der Waals surface area contributed by atoms with E-state index in [9.17, 15) is 14.0 Å². The zero-order valence-corrected chi connectivity index (χ0v) is 14.3. The zero-order valence-electron chi connectivity index (χ0n) is 14.3. The third-order valence-corrected chi connectivity index (χ3v) is 3.38. The molecule has 1 aromatic carbocycles. The molecule has 0 aliphatic heterocycles. The minimum atomic E-state index is -1.25. The number of carbonyl (C=O) groups excluding carboxylic acids is 1. The van der Waals surface area contributed by atoms with E-state index in [0.29, 0.717) is 23.2 Å². The molecule has 3 N–H and O–H groups in total. The van der Waals surface area contributed by atoms with Crippen LogP contribution in [-0.2, 0) is 4.79 Å². The number of fused-ring (bicyclic) bond motifs is 1. The van der Waals surface area contributed by atoms with Crippen molar-refractivity contribution in [1.82, 2.24) is 15.6 Å². The Labute approximate surface area is 148 Å². The summed E-state index contributed by atoms with van der Waals surface area (Å²) in [5, 5.41) is 13.1. The van der Waals surface area contributed by atoms with E-state index in [1.807, 2.05) is 0 Å². The fourth-order valence-corrected chi connectivity index (χ4v) is 1.99. The SMILES string of the molecule is CNC(=O)CN(C)c1nc2ccc(OCC(=CF)CNC(=O)O)cc2o1. The molecule has 2 rings (SSSR count). The molecule has 2 aromatic rings. The molecule has 0 aliphatic carbocycles. The third kappa shape index (κ3) is 5.10. The largest absolute Gasteiger partial charge is 0.489 e. The van der Waals surface area contributed by atoms with E-state index in [1.165, 1.54) is 7.05 Å². The third-order valence-electron chi connectivity index (χ3n) is 3.38. The first kappa shape index (κ1) is 19.0. The minimum absolute atomic E-state index is 0.0912. The van der Waals surface area contributed by atoms with Gasteiger partial charge in [0.25, 0.3) is 6.01 Å². The van der Waals surface area contributed by atoms with Crippen molar-refractivity contribution in [3.8, 4) is 5.75 Å². The van der Waals surface area contributed by atoms with E-state index in [2.05, 4.69) is 15.6 Å². The van der Waals surface area contributed by atoms with Crippen molar-refractivity contribution >= 4 is 29.1 Å². The molecule has 26 heavy (non-hydrogen) atoms. The molecule has 0 saturated heterocycles. The summed E-state index contributed by atoms with van der Waals surface area (Å²) in [4.78, 5) is 27.7. The van der Waals surface area contributed by atoms with E-state index >= 15 is 0 Å². The van der Waals surface area contributed by atoms with Crippen LogP contribution in [0.5, 0.6) is 5.75 Å². The van der Waals surface area contributed by atoms with Gasteiger partial charge in [0, 0.05) is 32.3 Å². The van der Waals surface area contributed by atoms with Gasteiger partial charge >= 0.3 is 6.09 Å². The van der Waals surface area contributed by atoms with Crippen LogP contribution in [0.15, 0.2) is 34.5 Å². The van der Waals surface area contributed by atoms with Crippen molar-refractivity contribution in [1.29, 1.82) is 0 Å². The molecule has 140 valence electrons. The number of ether oxygens (including phenoxy) is 1. The van der Waals surface area contributed by atoms with Gasteiger partial charge in [0.1, 0.15) is 24.4 Å². The van der Waals surface area contributed by atoms with Crippen LogP contribution in [0.25, 0.3) is 11.1 Å². The van der Waals surface area contributed by atoms with E-state index in [0.717, 1.165) is 0 Å². The van der Waals surface area contributed by atoms with Crippen molar-refractivity contribution in [3.63, 3.8) is 0 Å². The normalized spacial score (nSPS) is 11.3. The number of likely N-dealkylation sites (N-methyl/N-ethyl adjacent to an activating group) is 2. The second-order valence-corrected chi connectivity index (χ2v) is 5.37. The summed E-state index contributed by atoms with van der Waals surface area (Å²) in [5.41, 5.74) is 1.15. The summed E-state index contributed by atoms with van der Waals surface area (Å²) in [5.74, 6) is 0.225. The first-order valence-electron chi connectivity index (χ1n) is 7.63. The smallest absolute Gasteiger partial charge is 0.404 e. The van der Waals surface area contributed by atoms with Crippen LogP contribution in [0.2, 0.25) is 0 Å². The van der Waals surface area contributed by atoms with Gasteiger partial charge in [0.15, 0.2) is 5.58 Å². The Morgan fingerprint density at radius 1 is 1.46 bits per heavy atom. The molecule has 0 unspecified atom stereocenters.